The molecule has 2 rings (SSSR count). The van der Waals surface area contributed by atoms with Gasteiger partial charge in [-0.15, -0.1) is 0 Å². The maximum Gasteiger partial charge on any atom is 0.264 e. The van der Waals surface area contributed by atoms with Crippen molar-refractivity contribution in [2.75, 3.05) is 17.1 Å². The SMILES string of the molecule is Cc1cc(S(=O)(=O)N(C)c2cccc(F)c2)cc(N)c1F. The highest BCUT2D eigenvalue weighted by Crippen LogP contribution is 2.26. The summed E-state index contributed by atoms with van der Waals surface area (Å²) in [6.07, 6.45) is 0. The Bertz CT molecular complexity index is 768. The molecular formula is C14H14F2N2O2S. The molecule has 0 saturated heterocycles. The first-order chi connectivity index (χ1) is 9.73. The van der Waals surface area contributed by atoms with E-state index in [9.17, 15) is 17.2 Å². The number of benzene rings is 2. The van der Waals surface area contributed by atoms with Gasteiger partial charge in [-0.1, -0.05) is 6.07 Å². The number of hydrogen-bond acceptors (Lipinski definition) is 3. The number of rotatable bonds is 3. The first kappa shape index (κ1) is 15.2. The molecule has 2 N–H and O–H groups in total. The quantitative estimate of drug-likeness (QED) is 0.886. The Morgan fingerprint density at radius 1 is 1.14 bits per heavy atom. The lowest BCUT2D eigenvalue weighted by Crippen LogP contribution is -2.27. The van der Waals surface area contributed by atoms with Gasteiger partial charge in [-0.2, -0.15) is 0 Å². The van der Waals surface area contributed by atoms with Crippen LogP contribution in [0, 0.1) is 18.6 Å². The molecule has 0 aliphatic rings. The van der Waals surface area contributed by atoms with Crippen LogP contribution in [0.5, 0.6) is 0 Å². The number of anilines is 2. The van der Waals surface area contributed by atoms with E-state index in [0.717, 1.165) is 16.4 Å². The van der Waals surface area contributed by atoms with Gasteiger partial charge in [0.15, 0.2) is 0 Å². The van der Waals surface area contributed by atoms with Gasteiger partial charge in [-0.25, -0.2) is 17.2 Å². The Hall–Kier alpha value is -2.15. The maximum atomic E-state index is 13.5. The second-order valence-corrected chi connectivity index (χ2v) is 6.57. The molecule has 0 bridgehead atoms. The van der Waals surface area contributed by atoms with Crippen molar-refractivity contribution in [2.45, 2.75) is 11.8 Å². The van der Waals surface area contributed by atoms with Crippen molar-refractivity contribution in [1.82, 2.24) is 0 Å². The highest BCUT2D eigenvalue weighted by atomic mass is 32.2. The first-order valence-electron chi connectivity index (χ1n) is 6.03. The van der Waals surface area contributed by atoms with Crippen molar-refractivity contribution in [1.29, 1.82) is 0 Å². The molecule has 7 heteroatoms. The Morgan fingerprint density at radius 3 is 2.38 bits per heavy atom. The summed E-state index contributed by atoms with van der Waals surface area (Å²) in [7, 11) is -2.66. The van der Waals surface area contributed by atoms with Crippen LogP contribution in [0.25, 0.3) is 0 Å². The topological polar surface area (TPSA) is 63.4 Å². The molecule has 4 nitrogen and oxygen atoms in total. The van der Waals surface area contributed by atoms with Crippen LogP contribution in [-0.2, 0) is 10.0 Å². The molecule has 0 aromatic heterocycles. The fourth-order valence-corrected chi connectivity index (χ4v) is 3.19. The molecule has 2 aromatic carbocycles. The van der Waals surface area contributed by atoms with Gasteiger partial charge >= 0.3 is 0 Å². The zero-order valence-electron chi connectivity index (χ0n) is 11.5. The minimum atomic E-state index is -3.95. The minimum Gasteiger partial charge on any atom is -0.396 e. The number of halogens is 2. The lowest BCUT2D eigenvalue weighted by molar-refractivity contribution is 0.592. The van der Waals surface area contributed by atoms with Crippen LogP contribution in [0.2, 0.25) is 0 Å². The van der Waals surface area contributed by atoms with Gasteiger partial charge < -0.3 is 5.73 Å². The van der Waals surface area contributed by atoms with Crippen molar-refractivity contribution in [2.24, 2.45) is 0 Å². The number of aryl methyl sites for hydroxylation is 1. The van der Waals surface area contributed by atoms with Crippen molar-refractivity contribution in [3.8, 4) is 0 Å². The minimum absolute atomic E-state index is 0.126. The normalized spacial score (nSPS) is 11.4. The summed E-state index contributed by atoms with van der Waals surface area (Å²) >= 11 is 0. The van der Waals surface area contributed by atoms with Gasteiger partial charge in [0.05, 0.1) is 16.3 Å². The van der Waals surface area contributed by atoms with E-state index < -0.39 is 21.7 Å². The third kappa shape index (κ3) is 2.82. The second-order valence-electron chi connectivity index (χ2n) is 4.60. The number of sulfonamides is 1. The van der Waals surface area contributed by atoms with E-state index in [1.165, 1.54) is 38.2 Å². The molecule has 2 aromatic rings. The molecule has 112 valence electrons. The van der Waals surface area contributed by atoms with E-state index >= 15 is 0 Å². The molecule has 0 atom stereocenters. The van der Waals surface area contributed by atoms with E-state index in [-0.39, 0.29) is 21.8 Å². The summed E-state index contributed by atoms with van der Waals surface area (Å²) in [6.45, 7) is 1.42. The summed E-state index contributed by atoms with van der Waals surface area (Å²) in [6, 6.07) is 7.41. The van der Waals surface area contributed by atoms with Crippen LogP contribution in [0.1, 0.15) is 5.56 Å². The van der Waals surface area contributed by atoms with Gasteiger partial charge in [-0.3, -0.25) is 4.31 Å². The van der Waals surface area contributed by atoms with Crippen LogP contribution in [0.3, 0.4) is 0 Å². The van der Waals surface area contributed by atoms with E-state index in [4.69, 9.17) is 5.73 Å². The van der Waals surface area contributed by atoms with Crippen LogP contribution in [-0.4, -0.2) is 15.5 Å². The largest absolute Gasteiger partial charge is 0.396 e. The van der Waals surface area contributed by atoms with Crippen molar-refractivity contribution < 1.29 is 17.2 Å². The number of hydrogen-bond donors (Lipinski definition) is 1. The van der Waals surface area contributed by atoms with Gasteiger partial charge in [0.25, 0.3) is 10.0 Å². The average molecular weight is 312 g/mol. The fourth-order valence-electron chi connectivity index (χ4n) is 1.88. The molecule has 0 radical (unpaired) electrons. The molecule has 0 spiro atoms. The van der Waals surface area contributed by atoms with Crippen molar-refractivity contribution in [3.05, 3.63) is 53.6 Å². The molecule has 0 unspecified atom stereocenters. The smallest absolute Gasteiger partial charge is 0.264 e. The first-order valence-corrected chi connectivity index (χ1v) is 7.47. The van der Waals surface area contributed by atoms with Crippen LogP contribution in [0.15, 0.2) is 41.3 Å². The average Bonchev–Trinajstić information content (AvgIpc) is 2.43. The standard InChI is InChI=1S/C14H14F2N2O2S/c1-9-6-12(8-13(17)14(9)16)21(19,20)18(2)11-5-3-4-10(15)7-11/h3-8H,17H2,1-2H3. The summed E-state index contributed by atoms with van der Waals surface area (Å²) in [5.41, 5.74) is 5.50. The van der Waals surface area contributed by atoms with Gasteiger partial charge in [-0.05, 0) is 42.8 Å². The molecule has 0 aliphatic heterocycles. The Kier molecular flexibility index (Phi) is 3.87. The molecule has 0 heterocycles. The molecular weight excluding hydrogens is 298 g/mol. The Balaban J connectivity index is 2.52. The molecule has 0 saturated carbocycles. The van der Waals surface area contributed by atoms with Crippen LogP contribution in [0.4, 0.5) is 20.2 Å². The lowest BCUT2D eigenvalue weighted by atomic mass is 10.2. The van der Waals surface area contributed by atoms with E-state index in [1.807, 2.05) is 0 Å². The number of nitrogen functional groups attached to an aromatic ring is 1. The molecule has 21 heavy (non-hydrogen) atoms. The molecule has 0 amide bonds. The van der Waals surface area contributed by atoms with Gasteiger partial charge in [0.2, 0.25) is 0 Å². The summed E-state index contributed by atoms with van der Waals surface area (Å²) in [5.74, 6) is -1.20. The van der Waals surface area contributed by atoms with Gasteiger partial charge in [0.1, 0.15) is 11.6 Å². The van der Waals surface area contributed by atoms with Crippen molar-refractivity contribution in [3.63, 3.8) is 0 Å². The third-order valence-electron chi connectivity index (χ3n) is 3.09. The Labute approximate surface area is 121 Å². The fraction of sp³-hybridized carbons (Fsp3) is 0.143. The zero-order valence-corrected chi connectivity index (χ0v) is 12.3. The molecule has 0 fully saturated rings. The highest BCUT2D eigenvalue weighted by molar-refractivity contribution is 7.92. The zero-order chi connectivity index (χ0) is 15.8. The third-order valence-corrected chi connectivity index (χ3v) is 4.85. The van der Waals surface area contributed by atoms with E-state index in [0.29, 0.717) is 0 Å². The van der Waals surface area contributed by atoms with Crippen molar-refractivity contribution >= 4 is 21.4 Å². The maximum absolute atomic E-state index is 13.5. The number of nitrogens with zero attached hydrogens (tertiary/aromatic N) is 1. The lowest BCUT2D eigenvalue weighted by Gasteiger charge is -2.20. The number of nitrogens with two attached hydrogens (primary N) is 1. The van der Waals surface area contributed by atoms with Crippen LogP contribution < -0.4 is 10.0 Å². The highest BCUT2D eigenvalue weighted by Gasteiger charge is 2.23. The molecule has 0 aliphatic carbocycles. The Morgan fingerprint density at radius 2 is 1.81 bits per heavy atom. The summed E-state index contributed by atoms with van der Waals surface area (Å²) in [5, 5.41) is 0. The predicted molar refractivity (Wildman–Crippen MR) is 77.5 cm³/mol. The van der Waals surface area contributed by atoms with E-state index in [2.05, 4.69) is 0 Å². The summed E-state index contributed by atoms with van der Waals surface area (Å²) in [4.78, 5) is -0.148. The van der Waals surface area contributed by atoms with Gasteiger partial charge in [0, 0.05) is 7.05 Å². The predicted octanol–water partition coefficient (Wildman–Crippen LogP) is 2.68. The van der Waals surface area contributed by atoms with Crippen LogP contribution >= 0.6 is 0 Å². The van der Waals surface area contributed by atoms with E-state index in [1.54, 1.807) is 0 Å². The second kappa shape index (κ2) is 5.33. The monoisotopic (exact) mass is 312 g/mol. The summed E-state index contributed by atoms with van der Waals surface area (Å²) < 4.78 is 52.6.